The fourth-order valence-electron chi connectivity index (χ4n) is 1.95. The molecule has 1 aliphatic heterocycles. The molecule has 1 heterocycles. The minimum Gasteiger partial charge on any atom is -0.497 e. The van der Waals surface area contributed by atoms with Gasteiger partial charge in [-0.05, 0) is 11.6 Å². The van der Waals surface area contributed by atoms with Crippen molar-refractivity contribution in [3.05, 3.63) is 23.8 Å². The minimum atomic E-state index is -1.15. The number of aliphatic hydroxyl groups is 1. The molecule has 1 aromatic rings. The molecule has 2 atom stereocenters. The molecule has 1 aliphatic rings. The fraction of sp³-hybridized carbons (Fsp3) is 0.364. The van der Waals surface area contributed by atoms with Gasteiger partial charge in [0.15, 0.2) is 0 Å². The Morgan fingerprint density at radius 1 is 1.69 bits per heavy atom. The van der Waals surface area contributed by atoms with Crippen molar-refractivity contribution >= 4 is 11.6 Å². The van der Waals surface area contributed by atoms with Gasteiger partial charge in [-0.2, -0.15) is 0 Å². The summed E-state index contributed by atoms with van der Waals surface area (Å²) in [6.45, 7) is 0.507. The maximum Gasteiger partial charge on any atom is 0.246 e. The molecule has 0 saturated carbocycles. The van der Waals surface area contributed by atoms with Crippen LogP contribution in [0.15, 0.2) is 18.2 Å². The number of anilines is 1. The summed E-state index contributed by atoms with van der Waals surface area (Å²) in [7, 11) is 1.59. The number of amides is 1. The zero-order valence-corrected chi connectivity index (χ0v) is 8.93. The van der Waals surface area contributed by atoms with Gasteiger partial charge in [0.05, 0.1) is 7.11 Å². The summed E-state index contributed by atoms with van der Waals surface area (Å²) in [5.41, 5.74) is 6.86. The lowest BCUT2D eigenvalue weighted by Crippen LogP contribution is -2.34. The van der Waals surface area contributed by atoms with Gasteiger partial charge in [0, 0.05) is 24.2 Å². The normalized spacial score (nSPS) is 19.8. The number of carbonyl (C=O) groups excluding carboxylic acids is 1. The van der Waals surface area contributed by atoms with Gasteiger partial charge in [-0.1, -0.05) is 6.07 Å². The second-order valence-corrected chi connectivity index (χ2v) is 3.79. The monoisotopic (exact) mass is 222 g/mol. The number of ether oxygens (including phenoxy) is 1. The summed E-state index contributed by atoms with van der Waals surface area (Å²) in [6.07, 6.45) is -1.15. The number of hydrogen-bond donors (Lipinski definition) is 3. The molecule has 2 unspecified atom stereocenters. The van der Waals surface area contributed by atoms with Gasteiger partial charge < -0.3 is 20.9 Å². The second kappa shape index (κ2) is 4.02. The van der Waals surface area contributed by atoms with E-state index < -0.39 is 12.0 Å². The molecule has 0 spiro atoms. The Hall–Kier alpha value is -1.75. The van der Waals surface area contributed by atoms with Crippen molar-refractivity contribution in [1.29, 1.82) is 0 Å². The summed E-state index contributed by atoms with van der Waals surface area (Å²) in [5, 5.41) is 12.8. The molecule has 5 nitrogen and oxygen atoms in total. The van der Waals surface area contributed by atoms with Crippen molar-refractivity contribution in [3.63, 3.8) is 0 Å². The lowest BCUT2D eigenvalue weighted by Gasteiger charge is -2.14. The van der Waals surface area contributed by atoms with Gasteiger partial charge in [-0.3, -0.25) is 4.79 Å². The molecule has 0 radical (unpaired) electrons. The van der Waals surface area contributed by atoms with Crippen LogP contribution in [0.1, 0.15) is 11.5 Å². The largest absolute Gasteiger partial charge is 0.497 e. The molecular formula is C11H14N2O3. The molecular weight excluding hydrogens is 208 g/mol. The number of carbonyl (C=O) groups is 1. The summed E-state index contributed by atoms with van der Waals surface area (Å²) in [5.74, 6) is -0.241. The van der Waals surface area contributed by atoms with Gasteiger partial charge in [0.25, 0.3) is 0 Å². The highest BCUT2D eigenvalue weighted by molar-refractivity contribution is 5.81. The number of aliphatic hydroxyl groups excluding tert-OH is 1. The summed E-state index contributed by atoms with van der Waals surface area (Å²) in [6, 6.07) is 5.47. The second-order valence-electron chi connectivity index (χ2n) is 3.79. The quantitative estimate of drug-likeness (QED) is 0.674. The van der Waals surface area contributed by atoms with Crippen LogP contribution in [-0.2, 0) is 4.79 Å². The van der Waals surface area contributed by atoms with Gasteiger partial charge in [0.1, 0.15) is 11.9 Å². The van der Waals surface area contributed by atoms with Crippen LogP contribution < -0.4 is 15.8 Å². The van der Waals surface area contributed by atoms with E-state index >= 15 is 0 Å². The number of primary amides is 1. The number of rotatable bonds is 3. The summed E-state index contributed by atoms with van der Waals surface area (Å²) >= 11 is 0. The van der Waals surface area contributed by atoms with Crippen molar-refractivity contribution < 1.29 is 14.6 Å². The zero-order chi connectivity index (χ0) is 11.7. The van der Waals surface area contributed by atoms with Crippen LogP contribution in [0.2, 0.25) is 0 Å². The van der Waals surface area contributed by atoms with Crippen LogP contribution in [0.4, 0.5) is 5.69 Å². The minimum absolute atomic E-state index is 0.279. The molecule has 2 rings (SSSR count). The Kier molecular flexibility index (Phi) is 2.70. The van der Waals surface area contributed by atoms with Crippen molar-refractivity contribution in [3.8, 4) is 5.75 Å². The van der Waals surface area contributed by atoms with E-state index in [0.717, 1.165) is 17.0 Å². The van der Waals surface area contributed by atoms with E-state index in [0.29, 0.717) is 6.54 Å². The maximum absolute atomic E-state index is 10.9. The molecule has 1 aromatic carbocycles. The fourth-order valence-corrected chi connectivity index (χ4v) is 1.95. The topological polar surface area (TPSA) is 84.6 Å². The van der Waals surface area contributed by atoms with Crippen LogP contribution in [0.5, 0.6) is 5.75 Å². The van der Waals surface area contributed by atoms with Gasteiger partial charge in [-0.15, -0.1) is 0 Å². The van der Waals surface area contributed by atoms with E-state index in [1.54, 1.807) is 13.2 Å². The molecule has 0 saturated heterocycles. The third-order valence-corrected chi connectivity index (χ3v) is 2.84. The number of benzene rings is 1. The molecule has 5 heteroatoms. The number of fused-ring (bicyclic) bond motifs is 1. The molecule has 0 aromatic heterocycles. The highest BCUT2D eigenvalue weighted by Crippen LogP contribution is 2.35. The average Bonchev–Trinajstić information content (AvgIpc) is 2.70. The number of hydrogen-bond acceptors (Lipinski definition) is 4. The first kappa shape index (κ1) is 10.8. The van der Waals surface area contributed by atoms with E-state index in [-0.39, 0.29) is 5.92 Å². The first-order valence-electron chi connectivity index (χ1n) is 5.02. The Morgan fingerprint density at radius 2 is 2.44 bits per heavy atom. The average molecular weight is 222 g/mol. The van der Waals surface area contributed by atoms with Crippen LogP contribution in [-0.4, -0.2) is 30.8 Å². The molecule has 0 fully saturated rings. The highest BCUT2D eigenvalue weighted by Gasteiger charge is 2.31. The zero-order valence-electron chi connectivity index (χ0n) is 8.93. The van der Waals surface area contributed by atoms with Crippen LogP contribution in [0, 0.1) is 0 Å². The van der Waals surface area contributed by atoms with Crippen LogP contribution in [0.3, 0.4) is 0 Å². The lowest BCUT2D eigenvalue weighted by atomic mass is 9.95. The third kappa shape index (κ3) is 1.69. The Balaban J connectivity index is 2.30. The Labute approximate surface area is 93.2 Å². The number of nitrogens with one attached hydrogen (secondary N) is 1. The predicted octanol–water partition coefficient (Wildman–Crippen LogP) is 0.0505. The molecule has 16 heavy (non-hydrogen) atoms. The molecule has 1 amide bonds. The van der Waals surface area contributed by atoms with Gasteiger partial charge in [0.2, 0.25) is 5.91 Å². The van der Waals surface area contributed by atoms with E-state index in [1.807, 2.05) is 12.1 Å². The SMILES string of the molecule is COc1ccc2c(c1)NCC2C(O)C(N)=O. The summed E-state index contributed by atoms with van der Waals surface area (Å²) < 4.78 is 5.09. The first-order chi connectivity index (χ1) is 7.63. The van der Waals surface area contributed by atoms with Gasteiger partial charge in [-0.25, -0.2) is 0 Å². The third-order valence-electron chi connectivity index (χ3n) is 2.84. The van der Waals surface area contributed by atoms with E-state index in [4.69, 9.17) is 10.5 Å². The highest BCUT2D eigenvalue weighted by atomic mass is 16.5. The van der Waals surface area contributed by atoms with Crippen molar-refractivity contribution in [2.75, 3.05) is 19.0 Å². The van der Waals surface area contributed by atoms with Crippen molar-refractivity contribution in [2.24, 2.45) is 5.73 Å². The van der Waals surface area contributed by atoms with Gasteiger partial charge >= 0.3 is 0 Å². The summed E-state index contributed by atoms with van der Waals surface area (Å²) in [4.78, 5) is 10.9. The number of methoxy groups -OCH3 is 1. The molecule has 0 aliphatic carbocycles. The lowest BCUT2D eigenvalue weighted by molar-refractivity contribution is -0.126. The Bertz CT molecular complexity index is 420. The molecule has 0 bridgehead atoms. The van der Waals surface area contributed by atoms with Crippen LogP contribution >= 0.6 is 0 Å². The standard InChI is InChI=1S/C11H14N2O3/c1-16-6-2-3-7-8(10(14)11(12)15)5-13-9(7)4-6/h2-4,8,10,13-14H,5H2,1H3,(H2,12,15). The maximum atomic E-state index is 10.9. The smallest absolute Gasteiger partial charge is 0.246 e. The van der Waals surface area contributed by atoms with E-state index in [2.05, 4.69) is 5.32 Å². The Morgan fingerprint density at radius 3 is 3.06 bits per heavy atom. The van der Waals surface area contributed by atoms with Crippen LogP contribution in [0.25, 0.3) is 0 Å². The molecule has 4 N–H and O–H groups in total. The van der Waals surface area contributed by atoms with E-state index in [9.17, 15) is 9.90 Å². The predicted molar refractivity (Wildman–Crippen MR) is 59.4 cm³/mol. The van der Waals surface area contributed by atoms with Crippen molar-refractivity contribution in [2.45, 2.75) is 12.0 Å². The van der Waals surface area contributed by atoms with Crippen molar-refractivity contribution in [1.82, 2.24) is 0 Å². The van der Waals surface area contributed by atoms with E-state index in [1.165, 1.54) is 0 Å². The first-order valence-corrected chi connectivity index (χ1v) is 5.02. The number of nitrogens with two attached hydrogens (primary N) is 1. The molecule has 86 valence electrons.